The molecule has 34 heavy (non-hydrogen) atoms. The second-order valence-electron chi connectivity index (χ2n) is 8.70. The van der Waals surface area contributed by atoms with Crippen molar-refractivity contribution in [3.8, 4) is 11.1 Å². The van der Waals surface area contributed by atoms with Crippen molar-refractivity contribution in [2.24, 2.45) is 0 Å². The molecule has 3 aromatic heterocycles. The molecule has 0 bridgehead atoms. The number of pyridine rings is 1. The number of likely N-dealkylation sites (tertiary alicyclic amines) is 1. The van der Waals surface area contributed by atoms with E-state index < -0.39 is 0 Å². The number of aromatic nitrogens is 4. The van der Waals surface area contributed by atoms with Crippen LogP contribution >= 0.6 is 11.6 Å². The van der Waals surface area contributed by atoms with Crippen LogP contribution in [0, 0.1) is 0 Å². The molecule has 6 rings (SSSR count). The molecule has 1 aliphatic rings. The molecule has 4 heterocycles. The summed E-state index contributed by atoms with van der Waals surface area (Å²) in [7, 11) is 0. The molecule has 1 saturated heterocycles. The van der Waals surface area contributed by atoms with E-state index in [4.69, 9.17) is 11.6 Å². The Balaban J connectivity index is 1.28. The van der Waals surface area contributed by atoms with E-state index in [0.29, 0.717) is 29.2 Å². The molecular formula is C26H22ClN5O2. The Bertz CT molecular complexity index is 1580. The van der Waals surface area contributed by atoms with Gasteiger partial charge >= 0.3 is 5.69 Å². The fourth-order valence-electron chi connectivity index (χ4n) is 4.98. The fraction of sp³-hybridized carbons (Fsp3) is 0.192. The van der Waals surface area contributed by atoms with E-state index in [-0.39, 0.29) is 17.6 Å². The van der Waals surface area contributed by atoms with Gasteiger partial charge < -0.3 is 14.9 Å². The third-order valence-electron chi connectivity index (χ3n) is 6.60. The number of carbonyl (C=O) groups excluding carboxylic acids is 1. The lowest BCUT2D eigenvalue weighted by Crippen LogP contribution is -2.42. The molecule has 170 valence electrons. The molecule has 1 amide bonds. The lowest BCUT2D eigenvalue weighted by atomic mass is 10.0. The van der Waals surface area contributed by atoms with Gasteiger partial charge in [0.25, 0.3) is 5.91 Å². The minimum atomic E-state index is -0.171. The molecule has 1 atom stereocenters. The Hall–Kier alpha value is -3.84. The van der Waals surface area contributed by atoms with Crippen molar-refractivity contribution in [3.63, 3.8) is 0 Å². The molecule has 5 aromatic rings. The number of hydrogen-bond acceptors (Lipinski definition) is 3. The van der Waals surface area contributed by atoms with Gasteiger partial charge in [-0.1, -0.05) is 35.9 Å². The molecule has 0 unspecified atom stereocenters. The van der Waals surface area contributed by atoms with Crippen LogP contribution in [0.25, 0.3) is 33.2 Å². The summed E-state index contributed by atoms with van der Waals surface area (Å²) < 4.78 is 1.80. The maximum absolute atomic E-state index is 13.3. The van der Waals surface area contributed by atoms with Crippen molar-refractivity contribution in [1.29, 1.82) is 0 Å². The third-order valence-corrected chi connectivity index (χ3v) is 6.83. The van der Waals surface area contributed by atoms with Crippen LogP contribution < -0.4 is 5.69 Å². The van der Waals surface area contributed by atoms with Crippen LogP contribution in [0.3, 0.4) is 0 Å². The van der Waals surface area contributed by atoms with Gasteiger partial charge in [-0.25, -0.2) is 9.78 Å². The zero-order chi connectivity index (χ0) is 23.2. The number of nitrogens with zero attached hydrogens (tertiary/aromatic N) is 3. The van der Waals surface area contributed by atoms with E-state index in [2.05, 4.69) is 15.0 Å². The van der Waals surface area contributed by atoms with Gasteiger partial charge in [-0.05, 0) is 54.3 Å². The maximum Gasteiger partial charge on any atom is 0.326 e. The highest BCUT2D eigenvalue weighted by molar-refractivity contribution is 6.30. The van der Waals surface area contributed by atoms with E-state index in [0.717, 1.165) is 40.5 Å². The number of carbonyl (C=O) groups is 1. The predicted molar refractivity (Wildman–Crippen MR) is 133 cm³/mol. The summed E-state index contributed by atoms with van der Waals surface area (Å²) in [5.41, 5.74) is 4.76. The molecule has 2 N–H and O–H groups in total. The van der Waals surface area contributed by atoms with Gasteiger partial charge in [0, 0.05) is 35.3 Å². The molecule has 2 aromatic carbocycles. The Morgan fingerprint density at radius 2 is 1.94 bits per heavy atom. The first-order valence-electron chi connectivity index (χ1n) is 11.3. The summed E-state index contributed by atoms with van der Waals surface area (Å²) in [4.78, 5) is 38.5. The van der Waals surface area contributed by atoms with E-state index in [9.17, 15) is 9.59 Å². The number of benzene rings is 2. The second kappa shape index (κ2) is 8.18. The first-order valence-corrected chi connectivity index (χ1v) is 11.7. The van der Waals surface area contributed by atoms with Crippen LogP contribution in [0.2, 0.25) is 5.02 Å². The first kappa shape index (κ1) is 20.7. The Morgan fingerprint density at radius 3 is 2.76 bits per heavy atom. The van der Waals surface area contributed by atoms with Crippen molar-refractivity contribution in [2.75, 3.05) is 13.1 Å². The summed E-state index contributed by atoms with van der Waals surface area (Å²) >= 11 is 6.11. The lowest BCUT2D eigenvalue weighted by molar-refractivity contribution is 0.0680. The number of rotatable bonds is 3. The molecule has 0 aliphatic carbocycles. The lowest BCUT2D eigenvalue weighted by Gasteiger charge is -2.33. The molecular weight excluding hydrogens is 450 g/mol. The number of fused-ring (bicyclic) bond motifs is 3. The van der Waals surface area contributed by atoms with Gasteiger partial charge in [0.2, 0.25) is 0 Å². The minimum absolute atomic E-state index is 0.0244. The summed E-state index contributed by atoms with van der Waals surface area (Å²) in [5, 5.41) is 1.58. The van der Waals surface area contributed by atoms with Crippen LogP contribution in [-0.2, 0) is 0 Å². The van der Waals surface area contributed by atoms with Crippen LogP contribution in [-0.4, -0.2) is 43.4 Å². The molecule has 1 aliphatic heterocycles. The zero-order valence-corrected chi connectivity index (χ0v) is 19.0. The second-order valence-corrected chi connectivity index (χ2v) is 9.13. The number of piperidine rings is 1. The Kier molecular flexibility index (Phi) is 4.99. The van der Waals surface area contributed by atoms with Gasteiger partial charge in [-0.3, -0.25) is 9.36 Å². The van der Waals surface area contributed by atoms with Gasteiger partial charge in [0.1, 0.15) is 5.65 Å². The van der Waals surface area contributed by atoms with E-state index in [1.54, 1.807) is 10.8 Å². The average Bonchev–Trinajstić information content (AvgIpc) is 3.47. The Labute approximate surface area is 200 Å². The van der Waals surface area contributed by atoms with Gasteiger partial charge in [0.15, 0.2) is 0 Å². The van der Waals surface area contributed by atoms with Crippen molar-refractivity contribution < 1.29 is 4.79 Å². The number of halogens is 1. The van der Waals surface area contributed by atoms with Crippen LogP contribution in [0.4, 0.5) is 0 Å². The zero-order valence-electron chi connectivity index (χ0n) is 18.3. The average molecular weight is 472 g/mol. The molecule has 0 radical (unpaired) electrons. The molecule has 0 spiro atoms. The monoisotopic (exact) mass is 471 g/mol. The highest BCUT2D eigenvalue weighted by Gasteiger charge is 2.28. The molecule has 1 fully saturated rings. The summed E-state index contributed by atoms with van der Waals surface area (Å²) in [6, 6.07) is 17.1. The highest BCUT2D eigenvalue weighted by Crippen LogP contribution is 2.29. The van der Waals surface area contributed by atoms with E-state index >= 15 is 0 Å². The molecule has 7 nitrogen and oxygen atoms in total. The SMILES string of the molecule is O=C(c1ccc(-c2cccc(Cl)c2)cc1)N1CCC[C@@H](n2c(=O)[nH]c3cnc4[nH]ccc4c32)C1. The largest absolute Gasteiger partial charge is 0.346 e. The highest BCUT2D eigenvalue weighted by atomic mass is 35.5. The minimum Gasteiger partial charge on any atom is -0.346 e. The smallest absolute Gasteiger partial charge is 0.326 e. The Morgan fingerprint density at radius 1 is 1.09 bits per heavy atom. The van der Waals surface area contributed by atoms with Crippen molar-refractivity contribution in [2.45, 2.75) is 18.9 Å². The van der Waals surface area contributed by atoms with Crippen molar-refractivity contribution >= 4 is 39.6 Å². The summed E-state index contributed by atoms with van der Waals surface area (Å²) in [6.07, 6.45) is 5.16. The standard InChI is InChI=1S/C26H22ClN5O2/c27-19-4-1-3-18(13-19)16-6-8-17(9-7-16)25(33)31-12-2-5-20(15-31)32-23-21-10-11-28-24(21)29-14-22(23)30-26(32)34/h1,3-4,6-11,13-14,20H,2,5,12,15H2,(H,28,29)(H,30,34)/t20-/m1/s1. The first-order chi connectivity index (χ1) is 16.6. The normalized spacial score (nSPS) is 16.4. The molecule has 0 saturated carbocycles. The number of nitrogens with one attached hydrogen (secondary N) is 2. The van der Waals surface area contributed by atoms with Crippen LogP contribution in [0.15, 0.2) is 71.8 Å². The maximum atomic E-state index is 13.3. The number of H-pyrrole nitrogens is 2. The third kappa shape index (κ3) is 3.49. The van der Waals surface area contributed by atoms with Gasteiger partial charge in [0.05, 0.1) is 23.3 Å². The predicted octanol–water partition coefficient (Wildman–Crippen LogP) is 5.00. The van der Waals surface area contributed by atoms with E-state index in [1.807, 2.05) is 65.7 Å². The number of hydrogen-bond donors (Lipinski definition) is 2. The summed E-state index contributed by atoms with van der Waals surface area (Å²) in [6.45, 7) is 1.15. The molecule has 8 heteroatoms. The van der Waals surface area contributed by atoms with Crippen LogP contribution in [0.5, 0.6) is 0 Å². The quantitative estimate of drug-likeness (QED) is 0.388. The van der Waals surface area contributed by atoms with E-state index in [1.165, 1.54) is 0 Å². The topological polar surface area (TPSA) is 86.8 Å². The summed E-state index contributed by atoms with van der Waals surface area (Å²) in [5.74, 6) is -0.0244. The van der Waals surface area contributed by atoms with Crippen molar-refractivity contribution in [1.82, 2.24) is 24.4 Å². The number of aromatic amines is 2. The van der Waals surface area contributed by atoms with Crippen molar-refractivity contribution in [3.05, 3.63) is 88.1 Å². The van der Waals surface area contributed by atoms with Crippen LogP contribution in [0.1, 0.15) is 29.2 Å². The van der Waals surface area contributed by atoms with Gasteiger partial charge in [-0.2, -0.15) is 0 Å². The fourth-order valence-corrected chi connectivity index (χ4v) is 5.17. The number of amides is 1. The van der Waals surface area contributed by atoms with Gasteiger partial charge in [-0.15, -0.1) is 0 Å². The number of imidazole rings is 1.